The summed E-state index contributed by atoms with van der Waals surface area (Å²) in [6.45, 7) is 11.7. The van der Waals surface area contributed by atoms with Gasteiger partial charge in [-0.3, -0.25) is 4.79 Å². The largest absolute Gasteiger partial charge is 0.466 e. The molecule has 10 nitrogen and oxygen atoms in total. The number of nitrogens with zero attached hydrogens (tertiary/aromatic N) is 6. The van der Waals surface area contributed by atoms with Gasteiger partial charge in [-0.1, -0.05) is 0 Å². The molecule has 0 atom stereocenters. The lowest BCUT2D eigenvalue weighted by atomic mass is 10.1. The highest BCUT2D eigenvalue weighted by Crippen LogP contribution is 2.26. The highest BCUT2D eigenvalue weighted by molar-refractivity contribution is 5.76. The van der Waals surface area contributed by atoms with E-state index in [9.17, 15) is 9.59 Å². The molecule has 1 aliphatic rings. The Kier molecular flexibility index (Phi) is 5.90. The number of fused-ring (bicyclic) bond motifs is 1. The monoisotopic (exact) mass is 404 g/mol. The predicted molar refractivity (Wildman–Crippen MR) is 106 cm³/mol. The fourth-order valence-corrected chi connectivity index (χ4v) is 3.28. The zero-order valence-corrected chi connectivity index (χ0v) is 17.6. The first-order valence-corrected chi connectivity index (χ1v) is 9.77. The van der Waals surface area contributed by atoms with Crippen molar-refractivity contribution in [2.24, 2.45) is 0 Å². The van der Waals surface area contributed by atoms with Gasteiger partial charge in [-0.25, -0.2) is 9.78 Å². The quantitative estimate of drug-likeness (QED) is 0.708. The maximum Gasteiger partial charge on any atom is 0.410 e. The number of piperazine rings is 1. The zero-order chi connectivity index (χ0) is 21.2. The van der Waals surface area contributed by atoms with Gasteiger partial charge in [0.25, 0.3) is 5.78 Å². The molecular formula is C19H28N6O4. The van der Waals surface area contributed by atoms with Gasteiger partial charge in [0.05, 0.1) is 13.0 Å². The van der Waals surface area contributed by atoms with Crippen molar-refractivity contribution in [3.05, 3.63) is 17.6 Å². The molecule has 2 aromatic rings. The summed E-state index contributed by atoms with van der Waals surface area (Å²) in [5, 5.41) is 4.30. The smallest absolute Gasteiger partial charge is 0.410 e. The summed E-state index contributed by atoms with van der Waals surface area (Å²) in [5.41, 5.74) is 0.936. The first-order valence-electron chi connectivity index (χ1n) is 9.77. The van der Waals surface area contributed by atoms with Gasteiger partial charge in [0.15, 0.2) is 0 Å². The lowest BCUT2D eigenvalue weighted by molar-refractivity contribution is -0.142. The molecule has 1 amide bonds. The number of aromatic nitrogens is 4. The molecule has 1 fully saturated rings. The van der Waals surface area contributed by atoms with E-state index in [0.717, 1.165) is 11.4 Å². The lowest BCUT2D eigenvalue weighted by Gasteiger charge is -2.37. The fourth-order valence-electron chi connectivity index (χ4n) is 3.28. The lowest BCUT2D eigenvalue weighted by Crippen LogP contribution is -2.50. The number of carbonyl (C=O) groups is 2. The Hall–Kier alpha value is -2.91. The van der Waals surface area contributed by atoms with Gasteiger partial charge in [-0.2, -0.15) is 14.6 Å². The maximum absolute atomic E-state index is 12.4. The van der Waals surface area contributed by atoms with Crippen molar-refractivity contribution in [1.29, 1.82) is 0 Å². The van der Waals surface area contributed by atoms with Crippen LogP contribution in [0.2, 0.25) is 0 Å². The Morgan fingerprint density at radius 3 is 2.48 bits per heavy atom. The third-order valence-electron chi connectivity index (χ3n) is 4.56. The molecule has 0 N–H and O–H groups in total. The number of anilines is 1. The standard InChI is InChI=1S/C19H28N6O4/c1-6-28-15(26)11-14-13(2)22-17-20-12-21-25(17)16(14)23-7-9-24(10-8-23)18(27)29-19(3,4)5/h12H,6-11H2,1-5H3. The Morgan fingerprint density at radius 1 is 1.17 bits per heavy atom. The summed E-state index contributed by atoms with van der Waals surface area (Å²) in [4.78, 5) is 37.0. The van der Waals surface area contributed by atoms with Gasteiger partial charge < -0.3 is 19.3 Å². The molecule has 0 aromatic carbocycles. The van der Waals surface area contributed by atoms with E-state index in [2.05, 4.69) is 20.0 Å². The van der Waals surface area contributed by atoms with Crippen LogP contribution in [0.25, 0.3) is 5.78 Å². The summed E-state index contributed by atoms with van der Waals surface area (Å²) >= 11 is 0. The van der Waals surface area contributed by atoms with Crippen LogP contribution in [0.5, 0.6) is 0 Å². The zero-order valence-electron chi connectivity index (χ0n) is 17.6. The van der Waals surface area contributed by atoms with Crippen molar-refractivity contribution in [3.63, 3.8) is 0 Å². The molecule has 0 saturated carbocycles. The fraction of sp³-hybridized carbons (Fsp3) is 0.632. The molecule has 0 aliphatic carbocycles. The van der Waals surface area contributed by atoms with Crippen molar-refractivity contribution < 1.29 is 19.1 Å². The van der Waals surface area contributed by atoms with Crippen LogP contribution in [0.1, 0.15) is 39.0 Å². The molecule has 158 valence electrons. The molecule has 0 unspecified atom stereocenters. The van der Waals surface area contributed by atoms with Crippen LogP contribution in [0.15, 0.2) is 6.33 Å². The number of carbonyl (C=O) groups excluding carboxylic acids is 2. The molecule has 10 heteroatoms. The summed E-state index contributed by atoms with van der Waals surface area (Å²) in [6.07, 6.45) is 1.22. The molecule has 3 heterocycles. The summed E-state index contributed by atoms with van der Waals surface area (Å²) in [7, 11) is 0. The van der Waals surface area contributed by atoms with Gasteiger partial charge in [-0.05, 0) is 34.6 Å². The third kappa shape index (κ3) is 4.75. The van der Waals surface area contributed by atoms with Gasteiger partial charge >= 0.3 is 12.1 Å². The number of esters is 1. The minimum absolute atomic E-state index is 0.101. The first kappa shape index (κ1) is 20.8. The number of aryl methyl sites for hydroxylation is 1. The molecule has 29 heavy (non-hydrogen) atoms. The number of rotatable bonds is 4. The van der Waals surface area contributed by atoms with E-state index >= 15 is 0 Å². The highest BCUT2D eigenvalue weighted by atomic mass is 16.6. The second-order valence-electron chi connectivity index (χ2n) is 7.91. The van der Waals surface area contributed by atoms with Crippen LogP contribution in [0.4, 0.5) is 10.6 Å². The Labute approximate surface area is 169 Å². The second kappa shape index (κ2) is 8.22. The molecule has 1 aliphatic heterocycles. The van der Waals surface area contributed by atoms with Crippen LogP contribution < -0.4 is 4.90 Å². The van der Waals surface area contributed by atoms with Gasteiger partial charge in [0.2, 0.25) is 0 Å². The third-order valence-corrected chi connectivity index (χ3v) is 4.56. The van der Waals surface area contributed by atoms with E-state index in [1.54, 1.807) is 16.3 Å². The van der Waals surface area contributed by atoms with Crippen LogP contribution in [0.3, 0.4) is 0 Å². The average molecular weight is 404 g/mol. The van der Waals surface area contributed by atoms with Gasteiger partial charge in [0, 0.05) is 37.4 Å². The molecule has 1 saturated heterocycles. The van der Waals surface area contributed by atoms with Gasteiger partial charge in [0.1, 0.15) is 17.7 Å². The van der Waals surface area contributed by atoms with Crippen molar-refractivity contribution in [2.45, 2.75) is 46.6 Å². The van der Waals surface area contributed by atoms with Crippen LogP contribution >= 0.6 is 0 Å². The summed E-state index contributed by atoms with van der Waals surface area (Å²) in [6, 6.07) is 0. The van der Waals surface area contributed by atoms with Crippen molar-refractivity contribution >= 4 is 23.7 Å². The number of ether oxygens (including phenoxy) is 2. The summed E-state index contributed by atoms with van der Waals surface area (Å²) in [5.74, 6) is 0.923. The highest BCUT2D eigenvalue weighted by Gasteiger charge is 2.29. The summed E-state index contributed by atoms with van der Waals surface area (Å²) < 4.78 is 12.2. The van der Waals surface area contributed by atoms with E-state index in [0.29, 0.717) is 44.3 Å². The molecular weight excluding hydrogens is 376 g/mol. The van der Waals surface area contributed by atoms with E-state index in [1.165, 1.54) is 6.33 Å². The van der Waals surface area contributed by atoms with Crippen molar-refractivity contribution in [1.82, 2.24) is 24.5 Å². The molecule has 3 rings (SSSR count). The minimum Gasteiger partial charge on any atom is -0.466 e. The molecule has 0 spiro atoms. The normalized spacial score (nSPS) is 14.9. The average Bonchev–Trinajstić information content (AvgIpc) is 3.09. The van der Waals surface area contributed by atoms with Crippen LogP contribution in [0, 0.1) is 6.92 Å². The number of hydrogen-bond donors (Lipinski definition) is 0. The first-order chi connectivity index (χ1) is 13.7. The van der Waals surface area contributed by atoms with Crippen LogP contribution in [-0.2, 0) is 20.7 Å². The Balaban J connectivity index is 1.85. The number of hydrogen-bond acceptors (Lipinski definition) is 8. The minimum atomic E-state index is -0.532. The predicted octanol–water partition coefficient (Wildman–Crippen LogP) is 1.60. The SMILES string of the molecule is CCOC(=O)Cc1c(C)nc2ncnn2c1N1CCN(C(=O)OC(C)(C)C)CC1. The number of amides is 1. The Bertz CT molecular complexity index is 896. The van der Waals surface area contributed by atoms with Crippen molar-refractivity contribution in [2.75, 3.05) is 37.7 Å². The van der Waals surface area contributed by atoms with Crippen LogP contribution in [-0.4, -0.2) is 74.9 Å². The molecule has 0 bridgehead atoms. The molecule has 2 aromatic heterocycles. The van der Waals surface area contributed by atoms with Crippen molar-refractivity contribution in [3.8, 4) is 0 Å². The van der Waals surface area contributed by atoms with E-state index < -0.39 is 5.60 Å². The van der Waals surface area contributed by atoms with E-state index in [4.69, 9.17) is 9.47 Å². The molecule has 0 radical (unpaired) electrons. The van der Waals surface area contributed by atoms with Gasteiger partial charge in [-0.15, -0.1) is 0 Å². The van der Waals surface area contributed by atoms with E-state index in [1.807, 2.05) is 27.7 Å². The maximum atomic E-state index is 12.4. The second-order valence-corrected chi connectivity index (χ2v) is 7.91. The topological polar surface area (TPSA) is 102 Å². The Morgan fingerprint density at radius 2 is 1.86 bits per heavy atom. The van der Waals surface area contributed by atoms with E-state index in [-0.39, 0.29) is 18.5 Å².